The molecule has 9 heteroatoms. The molecule has 7 nitrogen and oxygen atoms in total. The molecular formula is C26H30ClN3O4S. The molecule has 1 aromatic heterocycles. The van der Waals surface area contributed by atoms with Crippen LogP contribution in [-0.4, -0.2) is 40.2 Å². The van der Waals surface area contributed by atoms with Gasteiger partial charge in [-0.25, -0.2) is 4.98 Å². The summed E-state index contributed by atoms with van der Waals surface area (Å²) in [7, 11) is 0. The SMILES string of the molecule is CCc1nc(-c2ccc(CNc3c(Cl)ccc4c3CCNCC4)cc2)cs1.O=C(O)CCC(=O)O. The second kappa shape index (κ2) is 13.2. The van der Waals surface area contributed by atoms with Crippen molar-refractivity contribution in [2.75, 3.05) is 18.4 Å². The summed E-state index contributed by atoms with van der Waals surface area (Å²) in [5, 5.41) is 27.0. The number of fused-ring (bicyclic) bond motifs is 1. The largest absolute Gasteiger partial charge is 0.481 e. The van der Waals surface area contributed by atoms with E-state index in [0.29, 0.717) is 0 Å². The molecule has 4 N–H and O–H groups in total. The molecule has 186 valence electrons. The predicted molar refractivity (Wildman–Crippen MR) is 140 cm³/mol. The topological polar surface area (TPSA) is 112 Å². The standard InChI is InChI=1S/C22H24ClN3S.C4H6O4/c1-2-21-26-20(14-27-21)17-5-3-15(4-6-17)13-25-22-18-10-12-24-11-9-16(18)7-8-19(22)23;5-3(6)1-2-4(7)8/h3-8,14,24-25H,2,9-13H2,1H3;1-2H2,(H,5,6)(H,7,8). The highest BCUT2D eigenvalue weighted by molar-refractivity contribution is 7.09. The lowest BCUT2D eigenvalue weighted by Crippen LogP contribution is -2.16. The number of hydrogen-bond acceptors (Lipinski definition) is 6. The van der Waals surface area contributed by atoms with E-state index in [4.69, 9.17) is 21.8 Å². The van der Waals surface area contributed by atoms with Gasteiger partial charge in [0.1, 0.15) is 0 Å². The Balaban J connectivity index is 0.000000371. The van der Waals surface area contributed by atoms with Crippen molar-refractivity contribution >= 4 is 40.6 Å². The number of carboxylic acids is 2. The molecule has 1 aliphatic rings. The van der Waals surface area contributed by atoms with Gasteiger partial charge in [0.2, 0.25) is 0 Å². The van der Waals surface area contributed by atoms with Crippen LogP contribution in [-0.2, 0) is 35.4 Å². The summed E-state index contributed by atoms with van der Waals surface area (Å²) < 4.78 is 0. The fourth-order valence-corrected chi connectivity index (χ4v) is 4.74. The first kappa shape index (κ1) is 26.7. The minimum atomic E-state index is -1.08. The number of halogens is 1. The summed E-state index contributed by atoms with van der Waals surface area (Å²) >= 11 is 8.24. The minimum Gasteiger partial charge on any atom is -0.481 e. The van der Waals surface area contributed by atoms with Gasteiger partial charge in [0.05, 0.1) is 34.3 Å². The van der Waals surface area contributed by atoms with E-state index >= 15 is 0 Å². The molecular weight excluding hydrogens is 486 g/mol. The fourth-order valence-electron chi connectivity index (χ4n) is 3.74. The molecule has 4 rings (SSSR count). The van der Waals surface area contributed by atoms with Crippen molar-refractivity contribution in [2.45, 2.75) is 45.6 Å². The smallest absolute Gasteiger partial charge is 0.303 e. The van der Waals surface area contributed by atoms with Crippen LogP contribution in [0.3, 0.4) is 0 Å². The number of carbonyl (C=O) groups is 2. The van der Waals surface area contributed by atoms with Crippen molar-refractivity contribution in [3.63, 3.8) is 0 Å². The molecule has 0 fully saturated rings. The first-order valence-corrected chi connectivity index (χ1v) is 12.8. The van der Waals surface area contributed by atoms with Gasteiger partial charge in [-0.3, -0.25) is 9.59 Å². The van der Waals surface area contributed by atoms with E-state index < -0.39 is 11.9 Å². The number of anilines is 1. The Hall–Kier alpha value is -2.94. The first-order valence-electron chi connectivity index (χ1n) is 11.6. The van der Waals surface area contributed by atoms with Crippen molar-refractivity contribution in [1.29, 1.82) is 0 Å². The van der Waals surface area contributed by atoms with E-state index in [1.54, 1.807) is 11.3 Å². The lowest BCUT2D eigenvalue weighted by Gasteiger charge is -2.16. The molecule has 0 saturated heterocycles. The maximum atomic E-state index is 9.64. The van der Waals surface area contributed by atoms with Crippen LogP contribution < -0.4 is 10.6 Å². The first-order chi connectivity index (χ1) is 16.9. The molecule has 35 heavy (non-hydrogen) atoms. The van der Waals surface area contributed by atoms with Crippen LogP contribution in [0, 0.1) is 0 Å². The van der Waals surface area contributed by atoms with Crippen molar-refractivity contribution in [1.82, 2.24) is 10.3 Å². The average Bonchev–Trinajstić information content (AvgIpc) is 3.21. The van der Waals surface area contributed by atoms with Crippen LogP contribution in [0.1, 0.15) is 41.5 Å². The zero-order chi connectivity index (χ0) is 25.2. The van der Waals surface area contributed by atoms with E-state index in [0.717, 1.165) is 55.3 Å². The fraction of sp³-hybridized carbons (Fsp3) is 0.346. The number of aliphatic carboxylic acids is 2. The lowest BCUT2D eigenvalue weighted by molar-refractivity contribution is -0.143. The van der Waals surface area contributed by atoms with E-state index in [-0.39, 0.29) is 12.8 Å². The van der Waals surface area contributed by atoms with Gasteiger partial charge in [-0.1, -0.05) is 48.9 Å². The van der Waals surface area contributed by atoms with Crippen molar-refractivity contribution in [3.8, 4) is 11.3 Å². The number of hydrogen-bond donors (Lipinski definition) is 4. The highest BCUT2D eigenvalue weighted by atomic mass is 35.5. The molecule has 3 aromatic rings. The average molecular weight is 516 g/mol. The van der Waals surface area contributed by atoms with Gasteiger partial charge in [0.25, 0.3) is 0 Å². The molecule has 0 spiro atoms. The Morgan fingerprint density at radius 3 is 2.37 bits per heavy atom. The molecule has 2 heterocycles. The molecule has 0 unspecified atom stereocenters. The van der Waals surface area contributed by atoms with Gasteiger partial charge in [-0.05, 0) is 55.1 Å². The number of rotatable bonds is 8. The Bertz CT molecular complexity index is 1130. The third kappa shape index (κ3) is 8.06. The van der Waals surface area contributed by atoms with Crippen LogP contribution in [0.15, 0.2) is 41.8 Å². The highest BCUT2D eigenvalue weighted by Crippen LogP contribution is 2.31. The Morgan fingerprint density at radius 1 is 1.06 bits per heavy atom. The molecule has 2 aromatic carbocycles. The van der Waals surface area contributed by atoms with Gasteiger partial charge in [0.15, 0.2) is 0 Å². The summed E-state index contributed by atoms with van der Waals surface area (Å²) in [6, 6.07) is 12.8. The second-order valence-corrected chi connectivity index (χ2v) is 9.48. The summed E-state index contributed by atoms with van der Waals surface area (Å²) in [4.78, 5) is 24.0. The second-order valence-electron chi connectivity index (χ2n) is 8.13. The molecule has 0 saturated carbocycles. The van der Waals surface area contributed by atoms with Gasteiger partial charge in [-0.15, -0.1) is 11.3 Å². The number of aromatic nitrogens is 1. The molecule has 0 bridgehead atoms. The maximum absolute atomic E-state index is 9.64. The summed E-state index contributed by atoms with van der Waals surface area (Å²) in [5.41, 5.74) is 7.34. The number of aryl methyl sites for hydroxylation is 1. The third-order valence-corrected chi connectivity index (χ3v) is 6.92. The molecule has 0 atom stereocenters. The summed E-state index contributed by atoms with van der Waals surface area (Å²) in [5.74, 6) is -2.15. The van der Waals surface area contributed by atoms with Gasteiger partial charge in [0, 0.05) is 17.5 Å². The maximum Gasteiger partial charge on any atom is 0.303 e. The minimum absolute atomic E-state index is 0.296. The summed E-state index contributed by atoms with van der Waals surface area (Å²) in [6.07, 6.45) is 2.47. The van der Waals surface area contributed by atoms with Gasteiger partial charge >= 0.3 is 11.9 Å². The van der Waals surface area contributed by atoms with Crippen LogP contribution in [0.4, 0.5) is 5.69 Å². The van der Waals surface area contributed by atoms with Crippen LogP contribution in [0.25, 0.3) is 11.3 Å². The number of nitrogens with one attached hydrogen (secondary N) is 2. The van der Waals surface area contributed by atoms with E-state index in [2.05, 4.69) is 58.3 Å². The van der Waals surface area contributed by atoms with Gasteiger partial charge < -0.3 is 20.8 Å². The zero-order valence-corrected chi connectivity index (χ0v) is 21.2. The Morgan fingerprint density at radius 2 is 1.74 bits per heavy atom. The highest BCUT2D eigenvalue weighted by Gasteiger charge is 2.14. The molecule has 0 aliphatic carbocycles. The number of thiazole rings is 1. The van der Waals surface area contributed by atoms with Crippen molar-refractivity contribution < 1.29 is 19.8 Å². The van der Waals surface area contributed by atoms with Crippen molar-refractivity contribution in [3.05, 3.63) is 68.5 Å². The Kier molecular flexibility index (Phi) is 10.1. The van der Waals surface area contributed by atoms with E-state index in [1.807, 2.05) is 6.07 Å². The number of carboxylic acid groups (broad SMARTS) is 2. The molecule has 0 amide bonds. The zero-order valence-electron chi connectivity index (χ0n) is 19.6. The van der Waals surface area contributed by atoms with E-state index in [9.17, 15) is 9.59 Å². The Labute approximate surface area is 214 Å². The van der Waals surface area contributed by atoms with Crippen LogP contribution >= 0.6 is 22.9 Å². The predicted octanol–water partition coefficient (Wildman–Crippen LogP) is 5.26. The monoisotopic (exact) mass is 515 g/mol. The van der Waals surface area contributed by atoms with Gasteiger partial charge in [-0.2, -0.15) is 0 Å². The number of benzene rings is 2. The lowest BCUT2D eigenvalue weighted by atomic mass is 10.0. The number of nitrogens with zero attached hydrogens (tertiary/aromatic N) is 1. The van der Waals surface area contributed by atoms with Crippen molar-refractivity contribution in [2.24, 2.45) is 0 Å². The normalized spacial score (nSPS) is 12.6. The van der Waals surface area contributed by atoms with E-state index in [1.165, 1.54) is 27.3 Å². The van der Waals surface area contributed by atoms with Crippen LogP contribution in [0.5, 0.6) is 0 Å². The molecule has 1 aliphatic heterocycles. The molecule has 0 radical (unpaired) electrons. The van der Waals surface area contributed by atoms with Crippen LogP contribution in [0.2, 0.25) is 5.02 Å². The summed E-state index contributed by atoms with van der Waals surface area (Å²) in [6.45, 7) is 4.94. The quantitative estimate of drug-likeness (QED) is 0.323. The third-order valence-electron chi connectivity index (χ3n) is 5.61.